The topological polar surface area (TPSA) is 108 Å². The number of nitrogens with zero attached hydrogens (tertiary/aromatic N) is 5. The second-order valence-corrected chi connectivity index (χ2v) is 8.66. The van der Waals surface area contributed by atoms with Gasteiger partial charge in [0.25, 0.3) is 11.8 Å². The highest BCUT2D eigenvalue weighted by Crippen LogP contribution is 2.30. The second kappa shape index (κ2) is 7.45. The molecule has 10 nitrogen and oxygen atoms in total. The number of carbonyl (C=O) groups excluding carboxylic acids is 4. The van der Waals surface area contributed by atoms with E-state index in [1.54, 1.807) is 30.6 Å². The molecule has 5 amide bonds. The summed E-state index contributed by atoms with van der Waals surface area (Å²) in [6.07, 6.45) is 1.74. The van der Waals surface area contributed by atoms with Gasteiger partial charge in [-0.3, -0.25) is 24.6 Å². The van der Waals surface area contributed by atoms with Gasteiger partial charge in [0.05, 0.1) is 41.1 Å². The Morgan fingerprint density at radius 1 is 1.00 bits per heavy atom. The molecule has 0 saturated carbocycles. The zero-order chi connectivity index (χ0) is 23.6. The third kappa shape index (κ3) is 3.16. The Morgan fingerprint density at radius 2 is 1.79 bits per heavy atom. The first-order chi connectivity index (χ1) is 16.4. The van der Waals surface area contributed by atoms with Gasteiger partial charge in [-0.15, -0.1) is 0 Å². The molecule has 11 heteroatoms. The summed E-state index contributed by atoms with van der Waals surface area (Å²) in [6.45, 7) is 2.08. The number of hydrazine groups is 1. The van der Waals surface area contributed by atoms with E-state index >= 15 is 0 Å². The van der Waals surface area contributed by atoms with Crippen LogP contribution in [0.5, 0.6) is 0 Å². The molecule has 3 aliphatic heterocycles. The van der Waals surface area contributed by atoms with Gasteiger partial charge in [-0.25, -0.2) is 19.2 Å². The zero-order valence-corrected chi connectivity index (χ0v) is 17.9. The monoisotopic (exact) mass is 462 g/mol. The van der Waals surface area contributed by atoms with E-state index in [9.17, 15) is 23.6 Å². The average molecular weight is 462 g/mol. The van der Waals surface area contributed by atoms with E-state index in [2.05, 4.69) is 15.2 Å². The lowest BCUT2D eigenvalue weighted by Crippen LogP contribution is -2.58. The van der Waals surface area contributed by atoms with Crippen molar-refractivity contribution in [3.63, 3.8) is 0 Å². The number of imidazole rings is 1. The third-order valence-corrected chi connectivity index (χ3v) is 6.48. The number of rotatable bonds is 4. The van der Waals surface area contributed by atoms with Gasteiger partial charge in [0.15, 0.2) is 0 Å². The first-order valence-electron chi connectivity index (χ1n) is 10.9. The molecular formula is C23H19FN6O4. The van der Waals surface area contributed by atoms with E-state index in [4.69, 9.17) is 0 Å². The lowest BCUT2D eigenvalue weighted by Gasteiger charge is -2.40. The highest BCUT2D eigenvalue weighted by Gasteiger charge is 2.43. The molecular weight excluding hydrogens is 443 g/mol. The smallest absolute Gasteiger partial charge is 0.325 e. The minimum absolute atomic E-state index is 0.0155. The van der Waals surface area contributed by atoms with E-state index in [1.807, 2.05) is 4.57 Å². The van der Waals surface area contributed by atoms with Crippen LogP contribution in [-0.4, -0.2) is 67.9 Å². The zero-order valence-electron chi connectivity index (χ0n) is 17.9. The van der Waals surface area contributed by atoms with Crippen molar-refractivity contribution in [2.45, 2.75) is 19.0 Å². The summed E-state index contributed by atoms with van der Waals surface area (Å²) in [6, 6.07) is 9.09. The Morgan fingerprint density at radius 3 is 2.59 bits per heavy atom. The fourth-order valence-corrected chi connectivity index (χ4v) is 4.74. The van der Waals surface area contributed by atoms with E-state index < -0.39 is 23.8 Å². The summed E-state index contributed by atoms with van der Waals surface area (Å²) in [5, 5.41) is 3.91. The predicted octanol–water partition coefficient (Wildman–Crippen LogP) is 1.69. The molecule has 0 spiro atoms. The summed E-state index contributed by atoms with van der Waals surface area (Å²) < 4.78 is 15.5. The van der Waals surface area contributed by atoms with Gasteiger partial charge in [0.2, 0.25) is 5.91 Å². The van der Waals surface area contributed by atoms with Crippen molar-refractivity contribution in [2.75, 3.05) is 19.6 Å². The first-order valence-corrected chi connectivity index (χ1v) is 10.9. The number of nitrogens with one attached hydrogen (secondary N) is 1. The maximum atomic E-state index is 13.4. The van der Waals surface area contributed by atoms with Gasteiger partial charge in [-0.1, -0.05) is 6.07 Å². The van der Waals surface area contributed by atoms with E-state index in [0.717, 1.165) is 34.2 Å². The number of benzene rings is 2. The molecule has 172 valence electrons. The fourth-order valence-electron chi connectivity index (χ4n) is 4.74. The van der Waals surface area contributed by atoms with Gasteiger partial charge in [-0.05, 0) is 29.8 Å². The molecule has 4 heterocycles. The van der Waals surface area contributed by atoms with Crippen LogP contribution in [0.3, 0.4) is 0 Å². The van der Waals surface area contributed by atoms with Crippen molar-refractivity contribution < 1.29 is 23.6 Å². The summed E-state index contributed by atoms with van der Waals surface area (Å²) in [7, 11) is 0. The first kappa shape index (κ1) is 20.5. The van der Waals surface area contributed by atoms with Crippen LogP contribution in [0.2, 0.25) is 0 Å². The number of imide groups is 2. The van der Waals surface area contributed by atoms with Crippen molar-refractivity contribution in [1.82, 2.24) is 29.8 Å². The van der Waals surface area contributed by atoms with Crippen molar-refractivity contribution in [2.24, 2.45) is 0 Å². The summed E-state index contributed by atoms with van der Waals surface area (Å²) in [5.41, 5.74) is 2.85. The number of halogens is 1. The Kier molecular flexibility index (Phi) is 4.49. The molecule has 0 radical (unpaired) electrons. The number of likely N-dealkylation sites (tertiary alicyclic amines) is 1. The van der Waals surface area contributed by atoms with E-state index in [0.29, 0.717) is 12.1 Å². The molecule has 2 aromatic carbocycles. The predicted molar refractivity (Wildman–Crippen MR) is 116 cm³/mol. The van der Waals surface area contributed by atoms with Crippen molar-refractivity contribution >= 4 is 34.8 Å². The molecule has 6 rings (SSSR count). The Hall–Kier alpha value is -4.12. The number of fused-ring (bicyclic) bond motifs is 2. The largest absolute Gasteiger partial charge is 0.343 e. The van der Waals surface area contributed by atoms with Crippen LogP contribution in [-0.2, 0) is 11.3 Å². The van der Waals surface area contributed by atoms with Gasteiger partial charge in [0.1, 0.15) is 5.82 Å². The average Bonchev–Trinajstić information content (AvgIpc) is 3.29. The molecule has 3 aromatic rings. The van der Waals surface area contributed by atoms with Crippen LogP contribution in [0.25, 0.3) is 11.0 Å². The minimum Gasteiger partial charge on any atom is -0.325 e. The van der Waals surface area contributed by atoms with Crippen LogP contribution in [0.4, 0.5) is 9.18 Å². The maximum Gasteiger partial charge on any atom is 0.343 e. The van der Waals surface area contributed by atoms with Gasteiger partial charge in [0, 0.05) is 32.1 Å². The third-order valence-electron chi connectivity index (χ3n) is 6.48. The number of hydrogen-bond acceptors (Lipinski definition) is 6. The van der Waals surface area contributed by atoms with Crippen molar-refractivity contribution in [1.29, 1.82) is 0 Å². The molecule has 0 unspecified atom stereocenters. The van der Waals surface area contributed by atoms with Gasteiger partial charge < -0.3 is 4.57 Å². The van der Waals surface area contributed by atoms with Crippen LogP contribution in [0.15, 0.2) is 42.7 Å². The Labute approximate surface area is 192 Å². The standard InChI is InChI=1S/C23H19FN6O4/c24-14-2-4-19-18(8-14)25-12-28(19)15-10-27(11-15)9-13-1-3-16-17(7-13)22(33)30(21(16)32)29-6-5-20(31)26-23(29)34/h1-4,7-8,12,15H,5-6,9-11H2,(H,26,31,34). The molecule has 3 aliphatic rings. The normalized spacial score (nSPS) is 19.1. The highest BCUT2D eigenvalue weighted by atomic mass is 19.1. The molecule has 1 N–H and O–H groups in total. The fraction of sp³-hybridized carbons (Fsp3) is 0.261. The van der Waals surface area contributed by atoms with Gasteiger partial charge in [-0.2, -0.15) is 5.01 Å². The van der Waals surface area contributed by atoms with Crippen molar-refractivity contribution in [3.8, 4) is 0 Å². The van der Waals surface area contributed by atoms with E-state index in [1.165, 1.54) is 12.1 Å². The summed E-state index contributed by atoms with van der Waals surface area (Å²) in [4.78, 5) is 55.8. The van der Waals surface area contributed by atoms with Crippen LogP contribution < -0.4 is 5.32 Å². The molecule has 0 aliphatic carbocycles. The number of amides is 5. The quantitative estimate of drug-likeness (QED) is 0.592. The van der Waals surface area contributed by atoms with Gasteiger partial charge >= 0.3 is 6.03 Å². The van der Waals surface area contributed by atoms with Crippen molar-refractivity contribution in [3.05, 3.63) is 65.2 Å². The molecule has 2 fully saturated rings. The highest BCUT2D eigenvalue weighted by molar-refractivity contribution is 6.22. The molecule has 34 heavy (non-hydrogen) atoms. The number of aromatic nitrogens is 2. The number of carbonyl (C=O) groups is 4. The SMILES string of the molecule is O=C1CCN(N2C(=O)c3ccc(CN4CC(n5cnc6cc(F)ccc65)C4)cc3C2=O)C(=O)N1. The summed E-state index contributed by atoms with van der Waals surface area (Å²) >= 11 is 0. The van der Waals surface area contributed by atoms with Crippen LogP contribution in [0, 0.1) is 5.82 Å². The summed E-state index contributed by atoms with van der Waals surface area (Å²) in [5.74, 6) is -1.91. The molecule has 1 aromatic heterocycles. The molecule has 0 atom stereocenters. The Balaban J connectivity index is 1.15. The second-order valence-electron chi connectivity index (χ2n) is 8.66. The molecule has 0 bridgehead atoms. The lowest BCUT2D eigenvalue weighted by atomic mass is 10.0. The van der Waals surface area contributed by atoms with Crippen LogP contribution >= 0.6 is 0 Å². The Bertz CT molecular complexity index is 1400. The maximum absolute atomic E-state index is 13.4. The van der Waals surface area contributed by atoms with E-state index in [-0.39, 0.29) is 36.0 Å². The number of urea groups is 1. The number of hydrogen-bond donors (Lipinski definition) is 1. The molecule has 2 saturated heterocycles. The lowest BCUT2D eigenvalue weighted by molar-refractivity contribution is -0.122. The van der Waals surface area contributed by atoms with Crippen LogP contribution in [0.1, 0.15) is 38.7 Å². The minimum atomic E-state index is -0.785.